The zero-order chi connectivity index (χ0) is 21.0. The van der Waals surface area contributed by atoms with Gasteiger partial charge < -0.3 is 14.8 Å². The van der Waals surface area contributed by atoms with Gasteiger partial charge in [-0.2, -0.15) is 4.68 Å². The predicted octanol–water partition coefficient (Wildman–Crippen LogP) is 3.61. The lowest BCUT2D eigenvalue weighted by molar-refractivity contribution is -0.122. The molecule has 1 aromatic heterocycles. The molecule has 0 radical (unpaired) electrons. The fourth-order valence-corrected chi connectivity index (χ4v) is 2.79. The molecule has 1 N–H and O–H groups in total. The third-order valence-electron chi connectivity index (χ3n) is 4.18. The number of carbonyl (C=O) groups is 1. The summed E-state index contributed by atoms with van der Waals surface area (Å²) in [6, 6.07) is 14.9. The molecule has 1 unspecified atom stereocenters. The highest BCUT2D eigenvalue weighted by molar-refractivity contribution is 6.30. The van der Waals surface area contributed by atoms with Crippen LogP contribution in [0.4, 0.5) is 5.69 Å². The Kier molecular flexibility index (Phi) is 6.19. The second-order valence-electron chi connectivity index (χ2n) is 6.33. The van der Waals surface area contributed by atoms with Crippen molar-refractivity contribution in [3.63, 3.8) is 0 Å². The van der Waals surface area contributed by atoms with E-state index in [1.54, 1.807) is 56.5 Å². The van der Waals surface area contributed by atoms with E-state index in [1.165, 1.54) is 16.8 Å². The first-order valence-electron chi connectivity index (χ1n) is 8.86. The van der Waals surface area contributed by atoms with Gasteiger partial charge in [-0.05, 0) is 43.7 Å². The third kappa shape index (κ3) is 4.94. The lowest BCUT2D eigenvalue weighted by atomic mass is 10.2. The van der Waals surface area contributed by atoms with E-state index < -0.39 is 6.10 Å². The van der Waals surface area contributed by atoms with Crippen LogP contribution in [-0.4, -0.2) is 28.9 Å². The van der Waals surface area contributed by atoms with Crippen LogP contribution in [0.5, 0.6) is 11.6 Å². The molecule has 0 aliphatic heterocycles. The fraction of sp³-hybridized carbons (Fsp3) is 0.190. The monoisotopic (exact) mass is 413 g/mol. The molecule has 2 aromatic carbocycles. The van der Waals surface area contributed by atoms with E-state index in [9.17, 15) is 9.59 Å². The van der Waals surface area contributed by atoms with Crippen LogP contribution in [0.25, 0.3) is 5.69 Å². The minimum atomic E-state index is -0.847. The van der Waals surface area contributed by atoms with Crippen molar-refractivity contribution in [3.05, 3.63) is 75.5 Å². The molecule has 0 aliphatic rings. The number of amides is 1. The van der Waals surface area contributed by atoms with Crippen molar-refractivity contribution in [1.29, 1.82) is 0 Å². The third-order valence-corrected chi connectivity index (χ3v) is 4.41. The highest BCUT2D eigenvalue weighted by Gasteiger charge is 2.17. The topological polar surface area (TPSA) is 82.5 Å². The Hall–Kier alpha value is -3.32. The van der Waals surface area contributed by atoms with Gasteiger partial charge >= 0.3 is 0 Å². The van der Waals surface area contributed by atoms with Crippen molar-refractivity contribution >= 4 is 23.2 Å². The summed E-state index contributed by atoms with van der Waals surface area (Å²) in [4.78, 5) is 24.7. The first-order chi connectivity index (χ1) is 13.9. The normalized spacial score (nSPS) is 11.6. The minimum absolute atomic E-state index is 0.136. The highest BCUT2D eigenvalue weighted by atomic mass is 35.5. The Balaban J connectivity index is 1.78. The van der Waals surface area contributed by atoms with Crippen molar-refractivity contribution in [2.45, 2.75) is 20.0 Å². The number of benzene rings is 2. The smallest absolute Gasteiger partial charge is 0.271 e. The molecule has 0 fully saturated rings. The van der Waals surface area contributed by atoms with Crippen LogP contribution in [0.1, 0.15) is 12.5 Å². The average Bonchev–Trinajstić information content (AvgIpc) is 2.71. The Morgan fingerprint density at radius 3 is 2.72 bits per heavy atom. The Morgan fingerprint density at radius 2 is 1.97 bits per heavy atom. The molecule has 0 aliphatic carbocycles. The van der Waals surface area contributed by atoms with Crippen LogP contribution in [-0.2, 0) is 4.79 Å². The molecule has 3 rings (SSSR count). The van der Waals surface area contributed by atoms with Crippen molar-refractivity contribution in [3.8, 4) is 17.3 Å². The molecule has 8 heteroatoms. The SMILES string of the molecule is COc1cccc(NC(=O)C(C)Oc2ccc(=O)n(-c3cc(Cl)ccc3C)n2)c1. The molecule has 0 bridgehead atoms. The number of aryl methyl sites for hydroxylation is 1. The van der Waals surface area contributed by atoms with Gasteiger partial charge in [-0.1, -0.05) is 23.7 Å². The number of carbonyl (C=O) groups excluding carboxylic acids is 1. The first kappa shape index (κ1) is 20.4. The van der Waals surface area contributed by atoms with Gasteiger partial charge in [-0.15, -0.1) is 5.10 Å². The van der Waals surface area contributed by atoms with Crippen molar-refractivity contribution in [2.24, 2.45) is 0 Å². The van der Waals surface area contributed by atoms with E-state index in [4.69, 9.17) is 21.1 Å². The molecule has 7 nitrogen and oxygen atoms in total. The van der Waals surface area contributed by atoms with Gasteiger partial charge in [0.05, 0.1) is 12.8 Å². The zero-order valence-electron chi connectivity index (χ0n) is 16.2. The van der Waals surface area contributed by atoms with Crippen LogP contribution in [0, 0.1) is 6.92 Å². The molecule has 1 atom stereocenters. The van der Waals surface area contributed by atoms with Gasteiger partial charge in [0.2, 0.25) is 5.88 Å². The molecular weight excluding hydrogens is 394 g/mol. The van der Waals surface area contributed by atoms with Gasteiger partial charge in [0.15, 0.2) is 6.10 Å². The quantitative estimate of drug-likeness (QED) is 0.667. The lowest BCUT2D eigenvalue weighted by Gasteiger charge is -2.15. The summed E-state index contributed by atoms with van der Waals surface area (Å²) in [6.45, 7) is 3.44. The van der Waals surface area contributed by atoms with Crippen LogP contribution >= 0.6 is 11.6 Å². The Morgan fingerprint density at radius 1 is 1.17 bits per heavy atom. The summed E-state index contributed by atoms with van der Waals surface area (Å²) >= 11 is 6.05. The van der Waals surface area contributed by atoms with Crippen LogP contribution < -0.4 is 20.3 Å². The summed E-state index contributed by atoms with van der Waals surface area (Å²) in [7, 11) is 1.55. The van der Waals surface area contributed by atoms with Gasteiger partial charge in [0.1, 0.15) is 5.75 Å². The van der Waals surface area contributed by atoms with Crippen LogP contribution in [0.3, 0.4) is 0 Å². The van der Waals surface area contributed by atoms with E-state index in [1.807, 2.05) is 6.92 Å². The summed E-state index contributed by atoms with van der Waals surface area (Å²) in [5, 5.41) is 7.46. The Labute approximate surface area is 172 Å². The number of halogens is 1. The molecule has 1 amide bonds. The van der Waals surface area contributed by atoms with E-state index in [-0.39, 0.29) is 17.3 Å². The van der Waals surface area contributed by atoms with E-state index in [0.717, 1.165) is 5.56 Å². The van der Waals surface area contributed by atoms with Gasteiger partial charge in [-0.25, -0.2) is 0 Å². The van der Waals surface area contributed by atoms with Gasteiger partial charge in [0, 0.05) is 28.9 Å². The molecule has 0 spiro atoms. The fourth-order valence-electron chi connectivity index (χ4n) is 2.62. The number of rotatable bonds is 6. The van der Waals surface area contributed by atoms with Crippen molar-refractivity contribution in [2.75, 3.05) is 12.4 Å². The highest BCUT2D eigenvalue weighted by Crippen LogP contribution is 2.19. The minimum Gasteiger partial charge on any atom is -0.497 e. The number of hydrogen-bond acceptors (Lipinski definition) is 5. The van der Waals surface area contributed by atoms with Gasteiger partial charge in [-0.3, -0.25) is 9.59 Å². The maximum atomic E-state index is 12.4. The van der Waals surface area contributed by atoms with Crippen molar-refractivity contribution < 1.29 is 14.3 Å². The molecule has 150 valence electrons. The van der Waals surface area contributed by atoms with E-state index in [2.05, 4.69) is 10.4 Å². The lowest BCUT2D eigenvalue weighted by Crippen LogP contribution is -2.31. The summed E-state index contributed by atoms with van der Waals surface area (Å²) in [5.74, 6) is 0.399. The molecular formula is C21H20ClN3O4. The summed E-state index contributed by atoms with van der Waals surface area (Å²) in [6.07, 6.45) is -0.847. The maximum Gasteiger partial charge on any atom is 0.271 e. The number of anilines is 1. The average molecular weight is 414 g/mol. The largest absolute Gasteiger partial charge is 0.497 e. The van der Waals surface area contributed by atoms with Crippen molar-refractivity contribution in [1.82, 2.24) is 9.78 Å². The van der Waals surface area contributed by atoms with Gasteiger partial charge in [0.25, 0.3) is 11.5 Å². The second-order valence-corrected chi connectivity index (χ2v) is 6.77. The van der Waals surface area contributed by atoms with E-state index >= 15 is 0 Å². The number of hydrogen-bond donors (Lipinski definition) is 1. The second kappa shape index (κ2) is 8.79. The van der Waals surface area contributed by atoms with Crippen LogP contribution in [0.2, 0.25) is 5.02 Å². The molecule has 0 saturated carbocycles. The molecule has 3 aromatic rings. The molecule has 0 saturated heterocycles. The molecule has 1 heterocycles. The van der Waals surface area contributed by atoms with E-state index in [0.29, 0.717) is 22.1 Å². The standard InChI is InChI=1S/C21H20ClN3O4/c1-13-7-8-15(22)11-18(13)25-20(26)10-9-19(24-25)29-14(2)21(27)23-16-5-4-6-17(12-16)28-3/h4-12,14H,1-3H3,(H,23,27). The number of methoxy groups -OCH3 is 1. The predicted molar refractivity (Wildman–Crippen MR) is 111 cm³/mol. The number of nitrogens with zero attached hydrogens (tertiary/aromatic N) is 2. The Bertz CT molecular complexity index is 1100. The number of nitrogens with one attached hydrogen (secondary N) is 1. The first-order valence-corrected chi connectivity index (χ1v) is 9.23. The zero-order valence-corrected chi connectivity index (χ0v) is 16.9. The van der Waals surface area contributed by atoms with Crippen LogP contribution in [0.15, 0.2) is 59.4 Å². The number of ether oxygens (including phenoxy) is 2. The number of aromatic nitrogens is 2. The summed E-state index contributed by atoms with van der Waals surface area (Å²) in [5.41, 5.74) is 1.61. The summed E-state index contributed by atoms with van der Waals surface area (Å²) < 4.78 is 12.0. The maximum absolute atomic E-state index is 12.4. The molecule has 29 heavy (non-hydrogen) atoms.